The van der Waals surface area contributed by atoms with E-state index in [2.05, 4.69) is 20.8 Å². The molecule has 1 aliphatic rings. The molecular weight excluding hydrogens is 430 g/mol. The second-order valence-corrected chi connectivity index (χ2v) is 7.30. The van der Waals surface area contributed by atoms with E-state index in [1.54, 1.807) is 14.2 Å². The summed E-state index contributed by atoms with van der Waals surface area (Å²) in [6.07, 6.45) is 0.901. The molecule has 0 amide bonds. The number of hydrogen-bond donors (Lipinski definition) is 1. The molecule has 0 atom stereocenters. The van der Waals surface area contributed by atoms with Gasteiger partial charge < -0.3 is 20.1 Å². The van der Waals surface area contributed by atoms with Gasteiger partial charge in [-0.1, -0.05) is 15.9 Å². The van der Waals surface area contributed by atoms with Gasteiger partial charge in [-0.05, 0) is 42.3 Å². The summed E-state index contributed by atoms with van der Waals surface area (Å²) in [6, 6.07) is 12.0. The molecule has 0 saturated heterocycles. The standard InChI is InChI=1S/C20H20BrN3O2.ClH/c1-25-14-7-12(8-15(10-14)26-2)11-24-6-5-16-19(22)17-9-13(21)3-4-18(17)23-20(16)24;/h3-4,7-10H,5-6,11H2,1-2H3,(H2,22,23);1H. The first-order chi connectivity index (χ1) is 12.6. The third-order valence-electron chi connectivity index (χ3n) is 4.79. The van der Waals surface area contributed by atoms with E-state index in [-0.39, 0.29) is 12.4 Å². The van der Waals surface area contributed by atoms with Crippen molar-refractivity contribution in [2.75, 3.05) is 31.4 Å². The van der Waals surface area contributed by atoms with E-state index in [0.717, 1.165) is 69.0 Å². The SMILES string of the molecule is COc1cc(CN2CCc3c2nc2ccc(Br)cc2c3N)cc(OC)c1.Cl. The molecule has 1 aliphatic heterocycles. The minimum atomic E-state index is 0. The van der Waals surface area contributed by atoms with E-state index in [1.165, 1.54) is 0 Å². The van der Waals surface area contributed by atoms with Gasteiger partial charge in [0.05, 0.1) is 19.7 Å². The fraction of sp³-hybridized carbons (Fsp3) is 0.250. The number of anilines is 2. The molecule has 5 nitrogen and oxygen atoms in total. The number of hydrogen-bond acceptors (Lipinski definition) is 5. The van der Waals surface area contributed by atoms with Crippen LogP contribution in [0.2, 0.25) is 0 Å². The lowest BCUT2D eigenvalue weighted by Crippen LogP contribution is -2.20. The van der Waals surface area contributed by atoms with Crippen molar-refractivity contribution in [3.8, 4) is 11.5 Å². The van der Waals surface area contributed by atoms with Crippen molar-refractivity contribution >= 4 is 50.7 Å². The second kappa shape index (κ2) is 7.82. The number of benzene rings is 2. The number of aromatic nitrogens is 1. The third-order valence-corrected chi connectivity index (χ3v) is 5.28. The zero-order valence-corrected chi connectivity index (χ0v) is 17.6. The van der Waals surface area contributed by atoms with Crippen LogP contribution in [0.4, 0.5) is 11.5 Å². The Bertz CT molecular complexity index is 974. The van der Waals surface area contributed by atoms with Crippen LogP contribution in [0.3, 0.4) is 0 Å². The summed E-state index contributed by atoms with van der Waals surface area (Å²) in [5.74, 6) is 2.54. The molecule has 3 aromatic rings. The smallest absolute Gasteiger partial charge is 0.134 e. The Morgan fingerprint density at radius 2 is 1.81 bits per heavy atom. The summed E-state index contributed by atoms with van der Waals surface area (Å²) < 4.78 is 11.8. The van der Waals surface area contributed by atoms with Crippen LogP contribution >= 0.6 is 28.3 Å². The Labute approximate surface area is 173 Å². The predicted octanol–water partition coefficient (Wildman–Crippen LogP) is 4.58. The number of fused-ring (bicyclic) bond motifs is 2. The fourth-order valence-electron chi connectivity index (χ4n) is 3.48. The quantitative estimate of drug-likeness (QED) is 0.630. The molecule has 2 heterocycles. The first kappa shape index (κ1) is 19.6. The van der Waals surface area contributed by atoms with Gasteiger partial charge in [0.2, 0.25) is 0 Å². The summed E-state index contributed by atoms with van der Waals surface area (Å²) in [4.78, 5) is 7.15. The van der Waals surface area contributed by atoms with Crippen LogP contribution in [0.15, 0.2) is 40.9 Å². The van der Waals surface area contributed by atoms with Gasteiger partial charge in [-0.15, -0.1) is 12.4 Å². The van der Waals surface area contributed by atoms with Crippen molar-refractivity contribution in [3.05, 3.63) is 52.0 Å². The molecule has 142 valence electrons. The first-order valence-corrected chi connectivity index (χ1v) is 9.23. The summed E-state index contributed by atoms with van der Waals surface area (Å²) >= 11 is 3.51. The topological polar surface area (TPSA) is 60.6 Å². The summed E-state index contributed by atoms with van der Waals surface area (Å²) in [5.41, 5.74) is 10.5. The van der Waals surface area contributed by atoms with Gasteiger partial charge in [0.25, 0.3) is 0 Å². The Morgan fingerprint density at radius 3 is 2.48 bits per heavy atom. The van der Waals surface area contributed by atoms with Crippen molar-refractivity contribution in [2.24, 2.45) is 0 Å². The number of nitrogen functional groups attached to an aromatic ring is 1. The van der Waals surface area contributed by atoms with Gasteiger partial charge in [0.15, 0.2) is 0 Å². The van der Waals surface area contributed by atoms with E-state index in [4.69, 9.17) is 20.2 Å². The summed E-state index contributed by atoms with van der Waals surface area (Å²) in [5, 5.41) is 1.00. The van der Waals surface area contributed by atoms with Crippen molar-refractivity contribution in [1.82, 2.24) is 4.98 Å². The molecule has 7 heteroatoms. The first-order valence-electron chi connectivity index (χ1n) is 8.43. The van der Waals surface area contributed by atoms with E-state index >= 15 is 0 Å². The molecule has 2 aromatic carbocycles. The molecule has 0 fully saturated rings. The number of nitrogens with zero attached hydrogens (tertiary/aromatic N) is 2. The number of methoxy groups -OCH3 is 2. The van der Waals surface area contributed by atoms with Crippen LogP contribution in [0.1, 0.15) is 11.1 Å². The maximum Gasteiger partial charge on any atom is 0.134 e. The molecular formula is C20H21BrClN3O2. The maximum atomic E-state index is 6.46. The Balaban J connectivity index is 0.00000210. The Hall–Kier alpha value is -2.18. The normalized spacial score (nSPS) is 12.6. The molecule has 4 rings (SSSR count). The molecule has 1 aromatic heterocycles. The van der Waals surface area contributed by atoms with Crippen LogP contribution in [0, 0.1) is 0 Å². The highest BCUT2D eigenvalue weighted by atomic mass is 79.9. The lowest BCUT2D eigenvalue weighted by atomic mass is 10.1. The number of ether oxygens (including phenoxy) is 2. The average Bonchev–Trinajstić information content (AvgIpc) is 3.05. The number of nitrogens with two attached hydrogens (primary N) is 1. The molecule has 0 radical (unpaired) electrons. The largest absolute Gasteiger partial charge is 0.497 e. The summed E-state index contributed by atoms with van der Waals surface area (Å²) in [7, 11) is 3.33. The Morgan fingerprint density at radius 1 is 1.11 bits per heavy atom. The molecule has 0 bridgehead atoms. The molecule has 2 N–H and O–H groups in total. The molecule has 27 heavy (non-hydrogen) atoms. The van der Waals surface area contributed by atoms with Crippen molar-refractivity contribution in [3.63, 3.8) is 0 Å². The highest BCUT2D eigenvalue weighted by Gasteiger charge is 2.25. The van der Waals surface area contributed by atoms with Crippen LogP contribution in [-0.4, -0.2) is 25.7 Å². The van der Waals surface area contributed by atoms with Gasteiger partial charge >= 0.3 is 0 Å². The zero-order chi connectivity index (χ0) is 18.3. The lowest BCUT2D eigenvalue weighted by molar-refractivity contribution is 0.393. The minimum Gasteiger partial charge on any atom is -0.497 e. The average molecular weight is 451 g/mol. The van der Waals surface area contributed by atoms with E-state index < -0.39 is 0 Å². The highest BCUT2D eigenvalue weighted by Crippen LogP contribution is 2.37. The van der Waals surface area contributed by atoms with Gasteiger partial charge in [-0.25, -0.2) is 4.98 Å². The second-order valence-electron chi connectivity index (χ2n) is 6.38. The monoisotopic (exact) mass is 449 g/mol. The van der Waals surface area contributed by atoms with Crippen LogP contribution in [-0.2, 0) is 13.0 Å². The molecule has 0 spiro atoms. The van der Waals surface area contributed by atoms with Crippen molar-refractivity contribution in [1.29, 1.82) is 0 Å². The number of rotatable bonds is 4. The zero-order valence-electron chi connectivity index (χ0n) is 15.2. The van der Waals surface area contributed by atoms with Gasteiger partial charge in [-0.3, -0.25) is 0 Å². The highest BCUT2D eigenvalue weighted by molar-refractivity contribution is 9.10. The lowest BCUT2D eigenvalue weighted by Gasteiger charge is -2.20. The van der Waals surface area contributed by atoms with Gasteiger partial charge in [0, 0.05) is 40.3 Å². The molecule has 0 saturated carbocycles. The van der Waals surface area contributed by atoms with Crippen molar-refractivity contribution < 1.29 is 9.47 Å². The van der Waals surface area contributed by atoms with E-state index in [0.29, 0.717) is 0 Å². The van der Waals surface area contributed by atoms with Gasteiger partial charge in [-0.2, -0.15) is 0 Å². The number of halogens is 2. The van der Waals surface area contributed by atoms with E-state index in [1.807, 2.05) is 36.4 Å². The minimum absolute atomic E-state index is 0. The third kappa shape index (κ3) is 3.64. The van der Waals surface area contributed by atoms with Crippen LogP contribution < -0.4 is 20.1 Å². The van der Waals surface area contributed by atoms with Crippen LogP contribution in [0.5, 0.6) is 11.5 Å². The summed E-state index contributed by atoms with van der Waals surface area (Å²) in [6.45, 7) is 1.62. The van der Waals surface area contributed by atoms with E-state index in [9.17, 15) is 0 Å². The Kier molecular flexibility index (Phi) is 5.67. The molecule has 0 aliphatic carbocycles. The number of pyridine rings is 1. The fourth-order valence-corrected chi connectivity index (χ4v) is 3.84. The van der Waals surface area contributed by atoms with Crippen LogP contribution in [0.25, 0.3) is 10.9 Å². The predicted molar refractivity (Wildman–Crippen MR) is 115 cm³/mol. The maximum absolute atomic E-state index is 6.46. The molecule has 0 unspecified atom stereocenters. The van der Waals surface area contributed by atoms with Gasteiger partial charge in [0.1, 0.15) is 17.3 Å². The van der Waals surface area contributed by atoms with Crippen molar-refractivity contribution in [2.45, 2.75) is 13.0 Å².